The first-order chi connectivity index (χ1) is 8.08. The monoisotopic (exact) mass is 258 g/mol. The van der Waals surface area contributed by atoms with Crippen LogP contribution < -0.4 is 0 Å². The number of halogens is 2. The van der Waals surface area contributed by atoms with E-state index in [9.17, 15) is 13.6 Å². The maximum absolute atomic E-state index is 13.0. The molecule has 0 saturated heterocycles. The Morgan fingerprint density at radius 3 is 2.71 bits per heavy atom. The predicted octanol–water partition coefficient (Wildman–Crippen LogP) is 3.31. The molecule has 2 atom stereocenters. The SMILES string of the molecule is O=C(O)C1CCCC1Sc1ccc(F)c(F)c1. The third-order valence-electron chi connectivity index (χ3n) is 2.95. The maximum Gasteiger partial charge on any atom is 0.307 e. The van der Waals surface area contributed by atoms with E-state index in [1.807, 2.05) is 0 Å². The summed E-state index contributed by atoms with van der Waals surface area (Å²) in [7, 11) is 0. The van der Waals surface area contributed by atoms with Gasteiger partial charge in [0.05, 0.1) is 5.92 Å². The molecule has 1 fully saturated rings. The number of carboxylic acid groups (broad SMARTS) is 1. The second-order valence-electron chi connectivity index (χ2n) is 4.11. The molecule has 0 spiro atoms. The van der Waals surface area contributed by atoms with Crippen molar-refractivity contribution in [1.29, 1.82) is 0 Å². The molecule has 1 aliphatic rings. The minimum absolute atomic E-state index is 0.0441. The molecule has 1 aromatic carbocycles. The Morgan fingerprint density at radius 1 is 1.29 bits per heavy atom. The van der Waals surface area contributed by atoms with Crippen molar-refractivity contribution in [2.24, 2.45) is 5.92 Å². The van der Waals surface area contributed by atoms with Crippen molar-refractivity contribution in [2.45, 2.75) is 29.4 Å². The fourth-order valence-electron chi connectivity index (χ4n) is 2.07. The summed E-state index contributed by atoms with van der Waals surface area (Å²) < 4.78 is 25.7. The Kier molecular flexibility index (Phi) is 3.66. The van der Waals surface area contributed by atoms with Crippen LogP contribution in [0.1, 0.15) is 19.3 Å². The number of hydrogen-bond donors (Lipinski definition) is 1. The molecule has 1 N–H and O–H groups in total. The van der Waals surface area contributed by atoms with Gasteiger partial charge in [-0.05, 0) is 31.0 Å². The number of carbonyl (C=O) groups is 1. The molecule has 5 heteroatoms. The lowest BCUT2D eigenvalue weighted by atomic mass is 10.1. The minimum atomic E-state index is -0.889. The number of benzene rings is 1. The third-order valence-corrected chi connectivity index (χ3v) is 4.34. The van der Waals surface area contributed by atoms with Crippen molar-refractivity contribution in [2.75, 3.05) is 0 Å². The van der Waals surface area contributed by atoms with Crippen LogP contribution >= 0.6 is 11.8 Å². The van der Waals surface area contributed by atoms with Crippen molar-refractivity contribution in [3.8, 4) is 0 Å². The van der Waals surface area contributed by atoms with Gasteiger partial charge in [-0.2, -0.15) is 0 Å². The van der Waals surface area contributed by atoms with Gasteiger partial charge in [-0.3, -0.25) is 4.79 Å². The molecule has 0 aliphatic heterocycles. The van der Waals surface area contributed by atoms with Crippen LogP contribution in [0.3, 0.4) is 0 Å². The molecule has 0 bridgehead atoms. The number of carboxylic acids is 1. The highest BCUT2D eigenvalue weighted by Gasteiger charge is 2.33. The summed E-state index contributed by atoms with van der Waals surface area (Å²) in [6.45, 7) is 0. The van der Waals surface area contributed by atoms with Crippen LogP contribution in [0.2, 0.25) is 0 Å². The maximum atomic E-state index is 13.0. The van der Waals surface area contributed by atoms with Gasteiger partial charge in [-0.15, -0.1) is 11.8 Å². The summed E-state index contributed by atoms with van der Waals surface area (Å²) in [5, 5.41) is 8.97. The lowest BCUT2D eigenvalue weighted by molar-refractivity contribution is -0.141. The molecule has 2 nitrogen and oxygen atoms in total. The molecular formula is C12H12F2O2S. The van der Waals surface area contributed by atoms with Crippen LogP contribution in [-0.4, -0.2) is 16.3 Å². The van der Waals surface area contributed by atoms with Crippen LogP contribution in [-0.2, 0) is 4.79 Å². The number of rotatable bonds is 3. The van der Waals surface area contributed by atoms with Crippen molar-refractivity contribution >= 4 is 17.7 Å². The standard InChI is InChI=1S/C12H12F2O2S/c13-9-5-4-7(6-10(9)14)17-11-3-1-2-8(11)12(15)16/h4-6,8,11H,1-3H2,(H,15,16). The van der Waals surface area contributed by atoms with Crippen molar-refractivity contribution < 1.29 is 18.7 Å². The minimum Gasteiger partial charge on any atom is -0.481 e. The second kappa shape index (κ2) is 5.04. The molecule has 2 rings (SSSR count). The fourth-order valence-corrected chi connectivity index (χ4v) is 3.44. The molecule has 1 aromatic rings. The van der Waals surface area contributed by atoms with Crippen LogP contribution in [0.25, 0.3) is 0 Å². The number of aliphatic carboxylic acids is 1. The van der Waals surface area contributed by atoms with Gasteiger partial charge in [0.1, 0.15) is 0 Å². The average molecular weight is 258 g/mol. The first-order valence-electron chi connectivity index (χ1n) is 5.42. The highest BCUT2D eigenvalue weighted by atomic mass is 32.2. The topological polar surface area (TPSA) is 37.3 Å². The summed E-state index contributed by atoms with van der Waals surface area (Å²) in [4.78, 5) is 11.6. The first-order valence-corrected chi connectivity index (χ1v) is 6.30. The molecule has 0 radical (unpaired) electrons. The molecule has 2 unspecified atom stereocenters. The van der Waals surface area contributed by atoms with Crippen molar-refractivity contribution in [3.05, 3.63) is 29.8 Å². The molecule has 0 aromatic heterocycles. The number of thioether (sulfide) groups is 1. The summed E-state index contributed by atoms with van der Waals surface area (Å²) in [6, 6.07) is 3.68. The Morgan fingerprint density at radius 2 is 2.06 bits per heavy atom. The van der Waals surface area contributed by atoms with Crippen LogP contribution in [0.4, 0.5) is 8.78 Å². The largest absolute Gasteiger partial charge is 0.481 e. The zero-order valence-corrected chi connectivity index (χ0v) is 9.84. The summed E-state index contributed by atoms with van der Waals surface area (Å²) in [6.07, 6.45) is 2.34. The Labute approximate surface area is 102 Å². The molecule has 0 heterocycles. The molecule has 17 heavy (non-hydrogen) atoms. The van der Waals surface area contributed by atoms with Gasteiger partial charge in [0, 0.05) is 10.1 Å². The van der Waals surface area contributed by atoms with Gasteiger partial charge in [0.2, 0.25) is 0 Å². The molecular weight excluding hydrogens is 246 g/mol. The lowest BCUT2D eigenvalue weighted by Gasteiger charge is -2.15. The number of hydrogen-bond acceptors (Lipinski definition) is 2. The Balaban J connectivity index is 2.09. The Hall–Kier alpha value is -1.10. The fraction of sp³-hybridized carbons (Fsp3) is 0.417. The third kappa shape index (κ3) is 2.77. The van der Waals surface area contributed by atoms with E-state index in [2.05, 4.69) is 0 Å². The summed E-state index contributed by atoms with van der Waals surface area (Å²) in [5.74, 6) is -2.95. The Bertz CT molecular complexity index is 437. The van der Waals surface area contributed by atoms with E-state index in [1.165, 1.54) is 17.8 Å². The smallest absolute Gasteiger partial charge is 0.307 e. The summed E-state index contributed by atoms with van der Waals surface area (Å²) >= 11 is 1.32. The van der Waals surface area contributed by atoms with Gasteiger partial charge < -0.3 is 5.11 Å². The first kappa shape index (κ1) is 12.4. The molecule has 0 amide bonds. The quantitative estimate of drug-likeness (QED) is 0.903. The van der Waals surface area contributed by atoms with Gasteiger partial charge in [-0.25, -0.2) is 8.78 Å². The molecule has 1 saturated carbocycles. The van der Waals surface area contributed by atoms with Gasteiger partial charge in [0.15, 0.2) is 11.6 Å². The van der Waals surface area contributed by atoms with E-state index >= 15 is 0 Å². The highest BCUT2D eigenvalue weighted by molar-refractivity contribution is 8.00. The zero-order valence-electron chi connectivity index (χ0n) is 9.03. The second-order valence-corrected chi connectivity index (χ2v) is 5.42. The van der Waals surface area contributed by atoms with Crippen LogP contribution in [0.15, 0.2) is 23.1 Å². The van der Waals surface area contributed by atoms with Gasteiger partial charge >= 0.3 is 5.97 Å². The van der Waals surface area contributed by atoms with Crippen LogP contribution in [0.5, 0.6) is 0 Å². The van der Waals surface area contributed by atoms with Gasteiger partial charge in [-0.1, -0.05) is 6.42 Å². The van der Waals surface area contributed by atoms with Crippen LogP contribution in [0, 0.1) is 17.6 Å². The normalized spacial score (nSPS) is 23.9. The highest BCUT2D eigenvalue weighted by Crippen LogP contribution is 2.39. The van der Waals surface area contributed by atoms with E-state index in [0.29, 0.717) is 11.3 Å². The van der Waals surface area contributed by atoms with E-state index in [0.717, 1.165) is 25.0 Å². The van der Waals surface area contributed by atoms with Crippen molar-refractivity contribution in [3.63, 3.8) is 0 Å². The predicted molar refractivity (Wildman–Crippen MR) is 61.0 cm³/mol. The van der Waals surface area contributed by atoms with E-state index in [4.69, 9.17) is 5.11 Å². The lowest BCUT2D eigenvalue weighted by Crippen LogP contribution is -2.19. The summed E-state index contributed by atoms with van der Waals surface area (Å²) in [5.41, 5.74) is 0. The molecule has 92 valence electrons. The van der Waals surface area contributed by atoms with E-state index < -0.39 is 17.6 Å². The van der Waals surface area contributed by atoms with Crippen molar-refractivity contribution in [1.82, 2.24) is 0 Å². The van der Waals surface area contributed by atoms with Gasteiger partial charge in [0.25, 0.3) is 0 Å². The zero-order chi connectivity index (χ0) is 12.4. The molecule has 1 aliphatic carbocycles. The van der Waals surface area contributed by atoms with E-state index in [1.54, 1.807) is 0 Å². The van der Waals surface area contributed by atoms with E-state index in [-0.39, 0.29) is 11.2 Å². The average Bonchev–Trinajstić information content (AvgIpc) is 2.72.